The molecule has 0 unspecified atom stereocenters. The van der Waals surface area contributed by atoms with Gasteiger partial charge in [-0.3, -0.25) is 0 Å². The quantitative estimate of drug-likeness (QED) is 0.607. The summed E-state index contributed by atoms with van der Waals surface area (Å²) in [5.41, 5.74) is -0.111. The van der Waals surface area contributed by atoms with Gasteiger partial charge in [-0.05, 0) is 10.4 Å². The van der Waals surface area contributed by atoms with Gasteiger partial charge in [0.05, 0.1) is 6.07 Å². The Hall–Kier alpha value is -1.44. The molecule has 0 bridgehead atoms. The Labute approximate surface area is 71.0 Å². The third-order valence-electron chi connectivity index (χ3n) is 1.42. The van der Waals surface area contributed by atoms with E-state index in [4.69, 9.17) is 5.26 Å². The molecule has 0 atom stereocenters. The summed E-state index contributed by atoms with van der Waals surface area (Å²) in [6.45, 7) is 6.23. The van der Waals surface area contributed by atoms with Gasteiger partial charge >= 0.3 is 0 Å². The summed E-state index contributed by atoms with van der Waals surface area (Å²) in [6.07, 6.45) is 0. The molecule has 1 heterocycles. The number of nitriles is 1. The largest absolute Gasteiger partial charge is 0.215 e. The third kappa shape index (κ3) is 1.59. The molecule has 0 amide bonds. The SMILES string of the molecule is CC(C)(C)c1nnnn1CC#N. The summed E-state index contributed by atoms with van der Waals surface area (Å²) >= 11 is 0. The van der Waals surface area contributed by atoms with Gasteiger partial charge in [0.25, 0.3) is 0 Å². The smallest absolute Gasteiger partial charge is 0.157 e. The van der Waals surface area contributed by atoms with E-state index in [1.807, 2.05) is 26.8 Å². The number of tetrazole rings is 1. The molecule has 0 aromatic carbocycles. The molecular formula is C7H11N5. The van der Waals surface area contributed by atoms with Crippen LogP contribution in [0.4, 0.5) is 0 Å². The Balaban J connectivity index is 3.01. The summed E-state index contributed by atoms with van der Waals surface area (Å²) in [5.74, 6) is 0.740. The zero-order valence-electron chi connectivity index (χ0n) is 7.44. The van der Waals surface area contributed by atoms with Crippen molar-refractivity contribution in [2.24, 2.45) is 0 Å². The van der Waals surface area contributed by atoms with Crippen LogP contribution >= 0.6 is 0 Å². The van der Waals surface area contributed by atoms with Gasteiger partial charge in [0.2, 0.25) is 0 Å². The molecule has 0 spiro atoms. The van der Waals surface area contributed by atoms with E-state index in [-0.39, 0.29) is 12.0 Å². The fourth-order valence-electron chi connectivity index (χ4n) is 0.915. The third-order valence-corrected chi connectivity index (χ3v) is 1.42. The van der Waals surface area contributed by atoms with Gasteiger partial charge in [-0.15, -0.1) is 5.10 Å². The van der Waals surface area contributed by atoms with Crippen LogP contribution in [0.2, 0.25) is 0 Å². The second-order valence-corrected chi connectivity index (χ2v) is 3.57. The molecular weight excluding hydrogens is 154 g/mol. The monoisotopic (exact) mass is 165 g/mol. The molecule has 5 nitrogen and oxygen atoms in total. The highest BCUT2D eigenvalue weighted by atomic mass is 15.5. The van der Waals surface area contributed by atoms with Crippen LogP contribution in [0.3, 0.4) is 0 Å². The Kier molecular flexibility index (Phi) is 2.09. The minimum Gasteiger partial charge on any atom is -0.215 e. The summed E-state index contributed by atoms with van der Waals surface area (Å²) in [5, 5.41) is 19.5. The highest BCUT2D eigenvalue weighted by Crippen LogP contribution is 2.17. The predicted molar refractivity (Wildman–Crippen MR) is 42.1 cm³/mol. The first kappa shape index (κ1) is 8.65. The van der Waals surface area contributed by atoms with Crippen molar-refractivity contribution < 1.29 is 0 Å². The molecule has 0 aliphatic carbocycles. The molecule has 1 aromatic heterocycles. The zero-order chi connectivity index (χ0) is 9.19. The molecule has 0 fully saturated rings. The number of hydrogen-bond donors (Lipinski definition) is 0. The van der Waals surface area contributed by atoms with E-state index in [2.05, 4.69) is 15.5 Å². The molecule has 0 aliphatic rings. The van der Waals surface area contributed by atoms with E-state index >= 15 is 0 Å². The van der Waals surface area contributed by atoms with Gasteiger partial charge in [0, 0.05) is 5.41 Å². The number of rotatable bonds is 1. The summed E-state index contributed by atoms with van der Waals surface area (Å²) in [6, 6.07) is 2.00. The Morgan fingerprint density at radius 3 is 2.67 bits per heavy atom. The second kappa shape index (κ2) is 2.89. The average molecular weight is 165 g/mol. The van der Waals surface area contributed by atoms with Crippen molar-refractivity contribution in [1.82, 2.24) is 20.2 Å². The van der Waals surface area contributed by atoms with E-state index in [1.165, 1.54) is 4.68 Å². The highest BCUT2D eigenvalue weighted by Gasteiger charge is 2.21. The van der Waals surface area contributed by atoms with Crippen molar-refractivity contribution in [1.29, 1.82) is 5.26 Å². The zero-order valence-corrected chi connectivity index (χ0v) is 7.44. The van der Waals surface area contributed by atoms with Gasteiger partial charge in [-0.1, -0.05) is 20.8 Å². The first-order valence-electron chi connectivity index (χ1n) is 3.69. The second-order valence-electron chi connectivity index (χ2n) is 3.57. The van der Waals surface area contributed by atoms with E-state index in [1.54, 1.807) is 0 Å². The highest BCUT2D eigenvalue weighted by molar-refractivity contribution is 4.99. The predicted octanol–water partition coefficient (Wildman–Crippen LogP) is 0.494. The van der Waals surface area contributed by atoms with E-state index in [0.29, 0.717) is 0 Å². The van der Waals surface area contributed by atoms with Crippen molar-refractivity contribution in [3.8, 4) is 6.07 Å². The summed E-state index contributed by atoms with van der Waals surface area (Å²) in [7, 11) is 0. The summed E-state index contributed by atoms with van der Waals surface area (Å²) < 4.78 is 1.51. The molecule has 1 aromatic rings. The lowest BCUT2D eigenvalue weighted by Gasteiger charge is -2.15. The normalized spacial score (nSPS) is 11.2. The maximum atomic E-state index is 8.46. The number of hydrogen-bond acceptors (Lipinski definition) is 4. The van der Waals surface area contributed by atoms with Gasteiger partial charge in [0.1, 0.15) is 6.54 Å². The molecule has 0 N–H and O–H groups in total. The van der Waals surface area contributed by atoms with Crippen LogP contribution in [0.1, 0.15) is 26.6 Å². The van der Waals surface area contributed by atoms with Crippen LogP contribution in [0.25, 0.3) is 0 Å². The minimum atomic E-state index is -0.111. The Bertz CT molecular complexity index is 300. The maximum absolute atomic E-state index is 8.46. The maximum Gasteiger partial charge on any atom is 0.157 e. The van der Waals surface area contributed by atoms with E-state index in [9.17, 15) is 0 Å². The molecule has 0 radical (unpaired) electrons. The lowest BCUT2D eigenvalue weighted by Crippen LogP contribution is -2.19. The van der Waals surface area contributed by atoms with E-state index < -0.39 is 0 Å². The average Bonchev–Trinajstić information content (AvgIpc) is 2.34. The summed E-state index contributed by atoms with van der Waals surface area (Å²) in [4.78, 5) is 0. The van der Waals surface area contributed by atoms with E-state index in [0.717, 1.165) is 5.82 Å². The molecule has 1 rings (SSSR count). The molecule has 0 saturated heterocycles. The van der Waals surface area contributed by atoms with Crippen LogP contribution in [0, 0.1) is 11.3 Å². The van der Waals surface area contributed by atoms with Gasteiger partial charge in [0.15, 0.2) is 5.82 Å². The van der Waals surface area contributed by atoms with Crippen LogP contribution in [-0.2, 0) is 12.0 Å². The standard InChI is InChI=1S/C7H11N5/c1-7(2,3)6-9-10-11-12(6)5-4-8/h5H2,1-3H3. The van der Waals surface area contributed by atoms with Crippen molar-refractivity contribution in [3.05, 3.63) is 5.82 Å². The molecule has 0 saturated carbocycles. The topological polar surface area (TPSA) is 67.4 Å². The van der Waals surface area contributed by atoms with Crippen molar-refractivity contribution in [2.75, 3.05) is 0 Å². The van der Waals surface area contributed by atoms with Crippen molar-refractivity contribution in [3.63, 3.8) is 0 Å². The van der Waals surface area contributed by atoms with Crippen LogP contribution in [0.15, 0.2) is 0 Å². The molecule has 64 valence electrons. The van der Waals surface area contributed by atoms with Crippen LogP contribution < -0.4 is 0 Å². The molecule has 12 heavy (non-hydrogen) atoms. The fraction of sp³-hybridized carbons (Fsp3) is 0.714. The Morgan fingerprint density at radius 2 is 2.17 bits per heavy atom. The van der Waals surface area contributed by atoms with Gasteiger partial charge in [-0.2, -0.15) is 5.26 Å². The minimum absolute atomic E-state index is 0.111. The first-order chi connectivity index (χ1) is 5.55. The number of aromatic nitrogens is 4. The first-order valence-corrected chi connectivity index (χ1v) is 3.69. The molecule has 5 heteroatoms. The lowest BCUT2D eigenvalue weighted by atomic mass is 9.96. The lowest BCUT2D eigenvalue weighted by molar-refractivity contribution is 0.495. The van der Waals surface area contributed by atoms with Crippen LogP contribution in [0.5, 0.6) is 0 Å². The van der Waals surface area contributed by atoms with Gasteiger partial charge in [-0.25, -0.2) is 4.68 Å². The van der Waals surface area contributed by atoms with Crippen molar-refractivity contribution in [2.45, 2.75) is 32.7 Å². The van der Waals surface area contributed by atoms with Gasteiger partial charge < -0.3 is 0 Å². The Morgan fingerprint density at radius 1 is 1.50 bits per heavy atom. The number of nitrogens with zero attached hydrogens (tertiary/aromatic N) is 5. The molecule has 0 aliphatic heterocycles. The van der Waals surface area contributed by atoms with Crippen LogP contribution in [-0.4, -0.2) is 20.2 Å². The van der Waals surface area contributed by atoms with Crippen molar-refractivity contribution >= 4 is 0 Å². The fourth-order valence-corrected chi connectivity index (χ4v) is 0.915.